The maximum Gasteiger partial charge on any atom is 1.00 e. The van der Waals surface area contributed by atoms with E-state index < -0.39 is 10.1 Å². The van der Waals surface area contributed by atoms with Gasteiger partial charge in [0.2, 0.25) is 0 Å². The van der Waals surface area contributed by atoms with Gasteiger partial charge in [0.25, 0.3) is 0 Å². The zero-order valence-electron chi connectivity index (χ0n) is 12.4. The summed E-state index contributed by atoms with van der Waals surface area (Å²) >= 11 is 0. The molecule has 0 N–H and O–H groups in total. The summed E-state index contributed by atoms with van der Waals surface area (Å²) in [6.45, 7) is 2.03. The van der Waals surface area contributed by atoms with Crippen LogP contribution in [-0.4, -0.2) is 13.0 Å². The molecule has 0 aliphatic rings. The van der Waals surface area contributed by atoms with Crippen LogP contribution in [0.2, 0.25) is 0 Å². The van der Waals surface area contributed by atoms with Gasteiger partial charge in [0.1, 0.15) is 10.1 Å². The van der Waals surface area contributed by atoms with Gasteiger partial charge < -0.3 is 4.55 Å². The molecule has 2 rings (SSSR count). The molecule has 2 aromatic rings. The third-order valence-corrected chi connectivity index (χ3v) is 4.21. The van der Waals surface area contributed by atoms with Crippen molar-refractivity contribution in [3.8, 4) is 11.1 Å². The molecule has 0 amide bonds. The fraction of sp³-hybridized carbons (Fsp3) is 0.250. The maximum atomic E-state index is 11.7. The summed E-state index contributed by atoms with van der Waals surface area (Å²) in [5, 5.41) is 0. The molecule has 0 aliphatic carbocycles. The van der Waals surface area contributed by atoms with Gasteiger partial charge in [-0.1, -0.05) is 61.9 Å². The van der Waals surface area contributed by atoms with Gasteiger partial charge in [-0.25, -0.2) is 8.42 Å². The van der Waals surface area contributed by atoms with E-state index in [1.165, 1.54) is 0 Å². The van der Waals surface area contributed by atoms with Gasteiger partial charge >= 0.3 is 29.6 Å². The van der Waals surface area contributed by atoms with Gasteiger partial charge in [-0.2, -0.15) is 0 Å². The van der Waals surface area contributed by atoms with Crippen molar-refractivity contribution in [3.05, 3.63) is 54.1 Å². The molecule has 106 valence electrons. The Bertz CT molecular complexity index is 682. The van der Waals surface area contributed by atoms with E-state index in [-0.39, 0.29) is 34.5 Å². The van der Waals surface area contributed by atoms with Crippen molar-refractivity contribution in [2.24, 2.45) is 0 Å². The number of hydrogen-bond acceptors (Lipinski definition) is 3. The molecule has 0 aromatic heterocycles. The number of rotatable bonds is 5. The van der Waals surface area contributed by atoms with Crippen LogP contribution in [0.4, 0.5) is 0 Å². The summed E-state index contributed by atoms with van der Waals surface area (Å²) in [6, 6.07) is 14.4. The zero-order chi connectivity index (χ0) is 14.6. The van der Waals surface area contributed by atoms with Crippen molar-refractivity contribution in [1.82, 2.24) is 0 Å². The van der Waals surface area contributed by atoms with E-state index in [4.69, 9.17) is 0 Å². The summed E-state index contributed by atoms with van der Waals surface area (Å²) in [6.07, 6.45) is 2.42. The SMILES string of the molecule is CCCCc1cccc(-c2ccccc2)c1S(=O)(=O)[O-].[Na+]. The normalized spacial score (nSPS) is 11.0. The first-order chi connectivity index (χ1) is 9.54. The maximum absolute atomic E-state index is 11.7. The van der Waals surface area contributed by atoms with Crippen LogP contribution in [0.3, 0.4) is 0 Å². The summed E-state index contributed by atoms with van der Waals surface area (Å²) < 4.78 is 35.0. The Kier molecular flexibility index (Phi) is 7.10. The van der Waals surface area contributed by atoms with Crippen LogP contribution in [0.15, 0.2) is 53.4 Å². The van der Waals surface area contributed by atoms with Gasteiger partial charge in [0.15, 0.2) is 0 Å². The first kappa shape index (κ1) is 18.4. The van der Waals surface area contributed by atoms with Crippen molar-refractivity contribution in [2.45, 2.75) is 31.1 Å². The van der Waals surface area contributed by atoms with E-state index in [0.717, 1.165) is 18.4 Å². The molecule has 0 fully saturated rings. The van der Waals surface area contributed by atoms with Crippen molar-refractivity contribution >= 4 is 10.1 Å². The monoisotopic (exact) mass is 312 g/mol. The van der Waals surface area contributed by atoms with Crippen molar-refractivity contribution in [2.75, 3.05) is 0 Å². The largest absolute Gasteiger partial charge is 1.00 e. The molecular formula is C16H17NaO3S. The molecule has 5 heteroatoms. The Labute approximate surface area is 148 Å². The second-order valence-corrected chi connectivity index (χ2v) is 6.03. The van der Waals surface area contributed by atoms with E-state index in [9.17, 15) is 13.0 Å². The van der Waals surface area contributed by atoms with Crippen LogP contribution in [0.1, 0.15) is 25.3 Å². The van der Waals surface area contributed by atoms with E-state index >= 15 is 0 Å². The Balaban J connectivity index is 0.00000220. The minimum Gasteiger partial charge on any atom is -0.744 e. The fourth-order valence-electron chi connectivity index (χ4n) is 2.29. The predicted octanol–water partition coefficient (Wildman–Crippen LogP) is 0.604. The second kappa shape index (κ2) is 8.11. The molecule has 0 unspecified atom stereocenters. The smallest absolute Gasteiger partial charge is 0.744 e. The first-order valence-electron chi connectivity index (χ1n) is 6.67. The molecule has 3 nitrogen and oxygen atoms in total. The Morgan fingerprint density at radius 1 is 1.00 bits per heavy atom. The molecule has 2 aromatic carbocycles. The minimum absolute atomic E-state index is 0. The second-order valence-electron chi connectivity index (χ2n) is 4.72. The average molecular weight is 312 g/mol. The Morgan fingerprint density at radius 3 is 2.24 bits per heavy atom. The summed E-state index contributed by atoms with van der Waals surface area (Å²) in [4.78, 5) is -0.0698. The van der Waals surface area contributed by atoms with Crippen molar-refractivity contribution in [3.63, 3.8) is 0 Å². The van der Waals surface area contributed by atoms with E-state index in [1.54, 1.807) is 12.1 Å². The topological polar surface area (TPSA) is 57.2 Å². The van der Waals surface area contributed by atoms with Crippen LogP contribution >= 0.6 is 0 Å². The number of benzene rings is 2. The van der Waals surface area contributed by atoms with Crippen LogP contribution in [0.25, 0.3) is 11.1 Å². The van der Waals surface area contributed by atoms with E-state index in [0.29, 0.717) is 17.5 Å². The average Bonchev–Trinajstić information content (AvgIpc) is 2.44. The minimum atomic E-state index is -4.49. The zero-order valence-corrected chi connectivity index (χ0v) is 15.2. The number of hydrogen-bond donors (Lipinski definition) is 0. The van der Waals surface area contributed by atoms with Crippen LogP contribution in [0.5, 0.6) is 0 Å². The van der Waals surface area contributed by atoms with E-state index in [2.05, 4.69) is 0 Å². The Morgan fingerprint density at radius 2 is 1.67 bits per heavy atom. The molecule has 0 saturated heterocycles. The Hall–Kier alpha value is -0.650. The van der Waals surface area contributed by atoms with Gasteiger partial charge in [0, 0.05) is 0 Å². The summed E-state index contributed by atoms with van der Waals surface area (Å²) in [5.41, 5.74) is 1.86. The van der Waals surface area contributed by atoms with Crippen LogP contribution in [0, 0.1) is 0 Å². The molecule has 0 heterocycles. The predicted molar refractivity (Wildman–Crippen MR) is 78.5 cm³/mol. The van der Waals surface area contributed by atoms with E-state index in [1.807, 2.05) is 43.3 Å². The van der Waals surface area contributed by atoms with Gasteiger partial charge in [0.05, 0.1) is 4.90 Å². The summed E-state index contributed by atoms with van der Waals surface area (Å²) in [5.74, 6) is 0. The molecule has 0 atom stereocenters. The molecule has 21 heavy (non-hydrogen) atoms. The standard InChI is InChI=1S/C16H18O3S.Na/c1-2-3-8-14-11-7-12-15(16(14)20(17,18)19)13-9-5-4-6-10-13;/h4-7,9-12H,2-3,8H2,1H3,(H,17,18,19);/q;+1/p-1. The molecule has 0 saturated carbocycles. The fourth-order valence-corrected chi connectivity index (χ4v) is 3.24. The summed E-state index contributed by atoms with van der Waals surface area (Å²) in [7, 11) is -4.49. The molecule has 0 aliphatic heterocycles. The molecular weight excluding hydrogens is 295 g/mol. The van der Waals surface area contributed by atoms with Crippen LogP contribution in [-0.2, 0) is 16.5 Å². The molecule has 0 bridgehead atoms. The third-order valence-electron chi connectivity index (χ3n) is 3.23. The first-order valence-corrected chi connectivity index (χ1v) is 8.08. The van der Waals surface area contributed by atoms with Crippen molar-refractivity contribution in [1.29, 1.82) is 0 Å². The third kappa shape index (κ3) is 4.66. The van der Waals surface area contributed by atoms with Gasteiger partial charge in [-0.15, -0.1) is 0 Å². The molecule has 0 spiro atoms. The number of aryl methyl sites for hydroxylation is 1. The quantitative estimate of drug-likeness (QED) is 0.600. The van der Waals surface area contributed by atoms with Gasteiger partial charge in [-0.05, 0) is 29.5 Å². The van der Waals surface area contributed by atoms with Gasteiger partial charge in [-0.3, -0.25) is 0 Å². The van der Waals surface area contributed by atoms with Crippen molar-refractivity contribution < 1.29 is 42.5 Å². The number of unbranched alkanes of at least 4 members (excludes halogenated alkanes) is 1. The van der Waals surface area contributed by atoms with Crippen LogP contribution < -0.4 is 29.6 Å². The molecule has 0 radical (unpaired) electrons.